The molecule has 0 saturated heterocycles. The molecule has 0 radical (unpaired) electrons. The summed E-state index contributed by atoms with van der Waals surface area (Å²) in [5.41, 5.74) is -0.341. The maximum absolute atomic E-state index is 11.0. The van der Waals surface area contributed by atoms with Crippen molar-refractivity contribution in [2.45, 2.75) is 39.0 Å². The standard InChI is InChI=1S/C10H15N3O2/c1-6(2)7-5-11-13-8(12-7)10(3,4)9(14)15/h5-6H,1-4H3,(H,14,15). The van der Waals surface area contributed by atoms with Crippen molar-refractivity contribution in [2.75, 3.05) is 0 Å². The first-order valence-electron chi connectivity index (χ1n) is 4.79. The third kappa shape index (κ3) is 2.29. The highest BCUT2D eigenvalue weighted by atomic mass is 16.4. The van der Waals surface area contributed by atoms with E-state index in [0.29, 0.717) is 0 Å². The van der Waals surface area contributed by atoms with Gasteiger partial charge in [-0.1, -0.05) is 13.8 Å². The number of carbonyl (C=O) groups is 1. The maximum Gasteiger partial charge on any atom is 0.316 e. The molecule has 1 rings (SSSR count). The lowest BCUT2D eigenvalue weighted by Crippen LogP contribution is -2.31. The molecule has 0 amide bonds. The van der Waals surface area contributed by atoms with E-state index in [1.807, 2.05) is 13.8 Å². The number of carboxylic acids is 1. The first kappa shape index (κ1) is 11.6. The van der Waals surface area contributed by atoms with Gasteiger partial charge in [0.1, 0.15) is 5.41 Å². The van der Waals surface area contributed by atoms with E-state index in [1.54, 1.807) is 20.0 Å². The molecule has 5 nitrogen and oxygen atoms in total. The highest BCUT2D eigenvalue weighted by molar-refractivity contribution is 5.78. The summed E-state index contributed by atoms with van der Waals surface area (Å²) in [7, 11) is 0. The first-order chi connectivity index (χ1) is 6.85. The summed E-state index contributed by atoms with van der Waals surface area (Å²) in [5.74, 6) is -0.491. The molecule has 1 aromatic heterocycles. The number of carboxylic acid groups (broad SMARTS) is 1. The molecule has 0 aliphatic heterocycles. The molecule has 0 aromatic carbocycles. The van der Waals surface area contributed by atoms with Gasteiger partial charge in [-0.3, -0.25) is 4.79 Å². The van der Waals surface area contributed by atoms with Gasteiger partial charge in [-0.2, -0.15) is 5.10 Å². The van der Waals surface area contributed by atoms with E-state index >= 15 is 0 Å². The monoisotopic (exact) mass is 209 g/mol. The zero-order valence-electron chi connectivity index (χ0n) is 9.35. The van der Waals surface area contributed by atoms with Crippen molar-refractivity contribution in [2.24, 2.45) is 0 Å². The van der Waals surface area contributed by atoms with Gasteiger partial charge >= 0.3 is 5.97 Å². The molecule has 0 saturated carbocycles. The van der Waals surface area contributed by atoms with Gasteiger partial charge in [-0.25, -0.2) is 4.98 Å². The summed E-state index contributed by atoms with van der Waals surface area (Å²) < 4.78 is 0. The van der Waals surface area contributed by atoms with Crippen molar-refractivity contribution in [3.8, 4) is 0 Å². The largest absolute Gasteiger partial charge is 0.481 e. The smallest absolute Gasteiger partial charge is 0.316 e. The van der Waals surface area contributed by atoms with Crippen LogP contribution in [0, 0.1) is 0 Å². The van der Waals surface area contributed by atoms with Crippen LogP contribution in [0.5, 0.6) is 0 Å². The Morgan fingerprint density at radius 2 is 2.07 bits per heavy atom. The number of aliphatic carboxylic acids is 1. The van der Waals surface area contributed by atoms with Crippen molar-refractivity contribution in [1.29, 1.82) is 0 Å². The van der Waals surface area contributed by atoms with Gasteiger partial charge in [0, 0.05) is 0 Å². The van der Waals surface area contributed by atoms with Crippen LogP contribution in [0.4, 0.5) is 0 Å². The minimum atomic E-state index is -1.10. The zero-order valence-corrected chi connectivity index (χ0v) is 9.35. The summed E-state index contributed by atoms with van der Waals surface area (Å²) in [6.45, 7) is 7.08. The number of aromatic nitrogens is 3. The van der Waals surface area contributed by atoms with E-state index in [9.17, 15) is 4.79 Å². The van der Waals surface area contributed by atoms with Crippen molar-refractivity contribution in [3.63, 3.8) is 0 Å². The Hall–Kier alpha value is -1.52. The molecule has 0 aliphatic rings. The van der Waals surface area contributed by atoms with Crippen LogP contribution < -0.4 is 0 Å². The summed E-state index contributed by atoms with van der Waals surface area (Å²) >= 11 is 0. The van der Waals surface area contributed by atoms with Gasteiger partial charge in [-0.15, -0.1) is 5.10 Å². The third-order valence-electron chi connectivity index (χ3n) is 2.26. The van der Waals surface area contributed by atoms with Crippen molar-refractivity contribution in [1.82, 2.24) is 15.2 Å². The molecular weight excluding hydrogens is 194 g/mol. The van der Waals surface area contributed by atoms with Crippen LogP contribution in [-0.4, -0.2) is 26.3 Å². The van der Waals surface area contributed by atoms with Crippen LogP contribution in [0.2, 0.25) is 0 Å². The molecule has 0 aliphatic carbocycles. The molecular formula is C10H15N3O2. The summed E-state index contributed by atoms with van der Waals surface area (Å²) in [6, 6.07) is 0. The van der Waals surface area contributed by atoms with Crippen LogP contribution in [0.25, 0.3) is 0 Å². The molecule has 1 N–H and O–H groups in total. The fourth-order valence-electron chi connectivity index (χ4n) is 0.955. The first-order valence-corrected chi connectivity index (χ1v) is 4.79. The SMILES string of the molecule is CC(C)c1cnnc(C(C)(C)C(=O)O)n1. The topological polar surface area (TPSA) is 76.0 Å². The fraction of sp³-hybridized carbons (Fsp3) is 0.600. The highest BCUT2D eigenvalue weighted by Gasteiger charge is 2.33. The average Bonchev–Trinajstić information content (AvgIpc) is 2.17. The zero-order chi connectivity index (χ0) is 11.6. The molecule has 5 heteroatoms. The van der Waals surface area contributed by atoms with E-state index in [-0.39, 0.29) is 11.7 Å². The molecule has 0 spiro atoms. The quantitative estimate of drug-likeness (QED) is 0.813. The third-order valence-corrected chi connectivity index (χ3v) is 2.26. The maximum atomic E-state index is 11.0. The molecule has 0 unspecified atom stereocenters. The van der Waals surface area contributed by atoms with Crippen LogP contribution in [-0.2, 0) is 10.2 Å². The normalized spacial score (nSPS) is 11.8. The van der Waals surface area contributed by atoms with E-state index in [2.05, 4.69) is 15.2 Å². The Morgan fingerprint density at radius 1 is 1.47 bits per heavy atom. The number of hydrogen-bond acceptors (Lipinski definition) is 4. The molecule has 1 aromatic rings. The van der Waals surface area contributed by atoms with Crippen LogP contribution in [0.15, 0.2) is 6.20 Å². The second-order valence-corrected chi connectivity index (χ2v) is 4.29. The lowest BCUT2D eigenvalue weighted by Gasteiger charge is -2.17. The second-order valence-electron chi connectivity index (χ2n) is 4.29. The molecule has 0 bridgehead atoms. The van der Waals surface area contributed by atoms with E-state index < -0.39 is 11.4 Å². The molecule has 15 heavy (non-hydrogen) atoms. The van der Waals surface area contributed by atoms with Gasteiger partial charge in [0.15, 0.2) is 5.82 Å². The van der Waals surface area contributed by atoms with E-state index in [4.69, 9.17) is 5.11 Å². The lowest BCUT2D eigenvalue weighted by atomic mass is 9.93. The van der Waals surface area contributed by atoms with Gasteiger partial charge in [-0.05, 0) is 19.8 Å². The van der Waals surface area contributed by atoms with Crippen LogP contribution >= 0.6 is 0 Å². The minimum absolute atomic E-state index is 0.212. The number of hydrogen-bond donors (Lipinski definition) is 1. The van der Waals surface area contributed by atoms with Gasteiger partial charge in [0.25, 0.3) is 0 Å². The highest BCUT2D eigenvalue weighted by Crippen LogP contribution is 2.20. The fourth-order valence-corrected chi connectivity index (χ4v) is 0.955. The Labute approximate surface area is 88.6 Å². The number of rotatable bonds is 3. The molecule has 0 atom stereocenters. The predicted octanol–water partition coefficient (Wildman–Crippen LogP) is 1.36. The number of nitrogens with zero attached hydrogens (tertiary/aromatic N) is 3. The van der Waals surface area contributed by atoms with Crippen LogP contribution in [0.1, 0.15) is 45.1 Å². The van der Waals surface area contributed by atoms with Gasteiger partial charge < -0.3 is 5.11 Å². The van der Waals surface area contributed by atoms with Gasteiger partial charge in [0.2, 0.25) is 0 Å². The predicted molar refractivity (Wildman–Crippen MR) is 54.6 cm³/mol. The van der Waals surface area contributed by atoms with Crippen molar-refractivity contribution in [3.05, 3.63) is 17.7 Å². The summed E-state index contributed by atoms with van der Waals surface area (Å²) in [5, 5.41) is 16.6. The molecule has 1 heterocycles. The van der Waals surface area contributed by atoms with Crippen LogP contribution in [0.3, 0.4) is 0 Å². The molecule has 0 fully saturated rings. The summed E-state index contributed by atoms with van der Waals surface area (Å²) in [4.78, 5) is 15.2. The summed E-state index contributed by atoms with van der Waals surface area (Å²) in [6.07, 6.45) is 1.56. The van der Waals surface area contributed by atoms with Gasteiger partial charge in [0.05, 0.1) is 11.9 Å². The Morgan fingerprint density at radius 3 is 2.53 bits per heavy atom. The molecule has 82 valence electrons. The average molecular weight is 209 g/mol. The Balaban J connectivity index is 3.16. The van der Waals surface area contributed by atoms with E-state index in [1.165, 1.54) is 0 Å². The van der Waals surface area contributed by atoms with Crippen molar-refractivity contribution >= 4 is 5.97 Å². The Kier molecular flexibility index (Phi) is 3.02. The van der Waals surface area contributed by atoms with E-state index in [0.717, 1.165) is 5.69 Å². The minimum Gasteiger partial charge on any atom is -0.481 e. The second kappa shape index (κ2) is 3.92. The van der Waals surface area contributed by atoms with Crippen molar-refractivity contribution < 1.29 is 9.90 Å². The lowest BCUT2D eigenvalue weighted by molar-refractivity contribution is -0.142. The Bertz CT molecular complexity index is 375.